The zero-order valence-corrected chi connectivity index (χ0v) is 17.6. The molecule has 0 saturated heterocycles. The van der Waals surface area contributed by atoms with E-state index in [0.29, 0.717) is 5.69 Å². The Hall–Kier alpha value is -2.48. The Balaban J connectivity index is 2.70. The molecular formula is C20H32FN4O3+. The van der Waals surface area contributed by atoms with Gasteiger partial charge in [-0.1, -0.05) is 0 Å². The van der Waals surface area contributed by atoms with E-state index in [0.717, 1.165) is 4.90 Å². The number of nitrogens with one attached hydrogen (secondary N) is 3. The van der Waals surface area contributed by atoms with Crippen molar-refractivity contribution in [1.82, 2.24) is 10.2 Å². The molecule has 1 aromatic carbocycles. The van der Waals surface area contributed by atoms with Crippen LogP contribution in [0.4, 0.5) is 10.1 Å². The van der Waals surface area contributed by atoms with E-state index in [1.165, 1.54) is 29.2 Å². The lowest BCUT2D eigenvalue weighted by Gasteiger charge is -2.35. The number of likely N-dealkylation sites (N-methyl/N-ethyl adjacent to an activating group) is 1. The molecule has 1 unspecified atom stereocenters. The average molecular weight is 395 g/mol. The Labute approximate surface area is 166 Å². The van der Waals surface area contributed by atoms with E-state index in [4.69, 9.17) is 0 Å². The lowest BCUT2D eigenvalue weighted by Crippen LogP contribution is -3.11. The van der Waals surface area contributed by atoms with E-state index in [1.54, 1.807) is 7.05 Å². The number of quaternary nitrogens is 1. The molecule has 0 radical (unpaired) electrons. The molecule has 156 valence electrons. The molecule has 0 heterocycles. The number of hydrogen-bond donors (Lipinski definition) is 3. The van der Waals surface area contributed by atoms with E-state index in [2.05, 4.69) is 10.6 Å². The van der Waals surface area contributed by atoms with Crippen molar-refractivity contribution < 1.29 is 23.7 Å². The Morgan fingerprint density at radius 2 is 1.64 bits per heavy atom. The van der Waals surface area contributed by atoms with Crippen LogP contribution in [0.15, 0.2) is 24.3 Å². The molecule has 0 spiro atoms. The molecule has 0 aliphatic carbocycles. The van der Waals surface area contributed by atoms with Gasteiger partial charge in [-0.3, -0.25) is 14.4 Å². The van der Waals surface area contributed by atoms with Gasteiger partial charge in [0.25, 0.3) is 11.8 Å². The number of rotatable bonds is 8. The second-order valence-corrected chi connectivity index (χ2v) is 8.24. The van der Waals surface area contributed by atoms with Gasteiger partial charge in [0.1, 0.15) is 12.4 Å². The molecule has 0 bridgehead atoms. The molecule has 1 atom stereocenters. The molecule has 0 fully saturated rings. The fourth-order valence-corrected chi connectivity index (χ4v) is 2.64. The van der Waals surface area contributed by atoms with Crippen molar-refractivity contribution >= 4 is 23.4 Å². The lowest BCUT2D eigenvalue weighted by atomic mass is 10.1. The second kappa shape index (κ2) is 10.2. The van der Waals surface area contributed by atoms with E-state index in [1.807, 2.05) is 34.6 Å². The fourth-order valence-electron chi connectivity index (χ4n) is 2.64. The maximum absolute atomic E-state index is 13.0. The molecule has 0 saturated carbocycles. The smallest absolute Gasteiger partial charge is 0.278 e. The summed E-state index contributed by atoms with van der Waals surface area (Å²) < 4.78 is 13.0. The van der Waals surface area contributed by atoms with Crippen LogP contribution in [0.25, 0.3) is 0 Å². The van der Waals surface area contributed by atoms with Gasteiger partial charge in [0.2, 0.25) is 5.91 Å². The van der Waals surface area contributed by atoms with Gasteiger partial charge < -0.3 is 20.4 Å². The zero-order chi connectivity index (χ0) is 21.5. The summed E-state index contributed by atoms with van der Waals surface area (Å²) in [6, 6.07) is 5.46. The van der Waals surface area contributed by atoms with Crippen molar-refractivity contribution in [2.45, 2.75) is 46.2 Å². The van der Waals surface area contributed by atoms with Crippen LogP contribution >= 0.6 is 0 Å². The molecule has 1 rings (SSSR count). The number of carbonyl (C=O) groups is 3. The van der Waals surface area contributed by atoms with Crippen LogP contribution in [0.3, 0.4) is 0 Å². The zero-order valence-electron chi connectivity index (χ0n) is 17.6. The summed E-state index contributed by atoms with van der Waals surface area (Å²) >= 11 is 0. The number of benzene rings is 1. The first-order valence-corrected chi connectivity index (χ1v) is 9.35. The minimum atomic E-state index is -0.572. The second-order valence-electron chi connectivity index (χ2n) is 8.24. The maximum atomic E-state index is 13.0. The van der Waals surface area contributed by atoms with Crippen molar-refractivity contribution in [2.24, 2.45) is 0 Å². The summed E-state index contributed by atoms with van der Waals surface area (Å²) in [7, 11) is 1.76. The van der Waals surface area contributed by atoms with Crippen LogP contribution in [0.5, 0.6) is 0 Å². The summed E-state index contributed by atoms with van der Waals surface area (Å²) in [5.41, 5.74) is -0.113. The van der Waals surface area contributed by atoms with Gasteiger partial charge in [-0.05, 0) is 58.9 Å². The lowest BCUT2D eigenvalue weighted by molar-refractivity contribution is -0.863. The van der Waals surface area contributed by atoms with Gasteiger partial charge in [0, 0.05) is 17.3 Å². The van der Waals surface area contributed by atoms with Gasteiger partial charge >= 0.3 is 0 Å². The van der Waals surface area contributed by atoms with Crippen LogP contribution in [0.1, 0.15) is 34.6 Å². The third-order valence-corrected chi connectivity index (χ3v) is 3.91. The van der Waals surface area contributed by atoms with Crippen molar-refractivity contribution in [3.8, 4) is 0 Å². The van der Waals surface area contributed by atoms with Gasteiger partial charge in [-0.25, -0.2) is 4.39 Å². The highest BCUT2D eigenvalue weighted by Crippen LogP contribution is 2.14. The molecule has 3 N–H and O–H groups in total. The van der Waals surface area contributed by atoms with Gasteiger partial charge in [0.05, 0.1) is 7.05 Å². The molecule has 3 amide bonds. The van der Waals surface area contributed by atoms with Crippen molar-refractivity contribution in [3.05, 3.63) is 30.1 Å². The van der Waals surface area contributed by atoms with Gasteiger partial charge in [-0.15, -0.1) is 0 Å². The topological polar surface area (TPSA) is 83.0 Å². The third-order valence-electron chi connectivity index (χ3n) is 3.91. The average Bonchev–Trinajstić information content (AvgIpc) is 2.52. The van der Waals surface area contributed by atoms with Gasteiger partial charge in [0.15, 0.2) is 13.1 Å². The van der Waals surface area contributed by atoms with E-state index < -0.39 is 11.4 Å². The van der Waals surface area contributed by atoms with Crippen LogP contribution < -0.4 is 15.5 Å². The third kappa shape index (κ3) is 8.47. The minimum absolute atomic E-state index is 0.0391. The standard InChI is InChI=1S/C20H31FN4O3/c1-14(2)22-17(26)11-24(6)13-19(28)25(20(3,4)5)12-18(27)23-16-9-7-15(21)8-10-16/h7-10,14H,11-13H2,1-6H3,(H,22,26)(H,23,27)/p+1. The molecule has 0 aliphatic heterocycles. The molecular weight excluding hydrogens is 363 g/mol. The SMILES string of the molecule is CC(C)NC(=O)C[NH+](C)CC(=O)N(CC(=O)Nc1ccc(F)cc1)C(C)(C)C. The highest BCUT2D eigenvalue weighted by molar-refractivity contribution is 5.94. The summed E-state index contributed by atoms with van der Waals surface area (Å²) in [6.07, 6.45) is 0. The minimum Gasteiger partial charge on any atom is -0.349 e. The Bertz CT molecular complexity index is 684. The Morgan fingerprint density at radius 1 is 1.07 bits per heavy atom. The molecule has 1 aromatic rings. The van der Waals surface area contributed by atoms with Crippen LogP contribution in [-0.4, -0.2) is 60.9 Å². The number of anilines is 1. The first-order chi connectivity index (χ1) is 12.9. The van der Waals surface area contributed by atoms with E-state index >= 15 is 0 Å². The number of hydrogen-bond acceptors (Lipinski definition) is 3. The van der Waals surface area contributed by atoms with E-state index in [-0.39, 0.29) is 43.4 Å². The summed E-state index contributed by atoms with van der Waals surface area (Å²) in [5, 5.41) is 5.46. The quantitative estimate of drug-likeness (QED) is 0.597. The predicted octanol–water partition coefficient (Wildman–Crippen LogP) is 0.431. The first kappa shape index (κ1) is 23.6. The highest BCUT2D eigenvalue weighted by atomic mass is 19.1. The number of carbonyl (C=O) groups excluding carboxylic acids is 3. The van der Waals surface area contributed by atoms with Crippen molar-refractivity contribution in [3.63, 3.8) is 0 Å². The molecule has 0 aliphatic rings. The predicted molar refractivity (Wildman–Crippen MR) is 106 cm³/mol. The first-order valence-electron chi connectivity index (χ1n) is 9.35. The Kier molecular flexibility index (Phi) is 8.56. The van der Waals surface area contributed by atoms with Crippen molar-refractivity contribution in [1.29, 1.82) is 0 Å². The van der Waals surface area contributed by atoms with Crippen LogP contribution in [0, 0.1) is 5.82 Å². The Morgan fingerprint density at radius 3 is 2.14 bits per heavy atom. The van der Waals surface area contributed by atoms with E-state index in [9.17, 15) is 18.8 Å². The van der Waals surface area contributed by atoms with Gasteiger partial charge in [-0.2, -0.15) is 0 Å². The van der Waals surface area contributed by atoms with Crippen molar-refractivity contribution in [2.75, 3.05) is 32.0 Å². The molecule has 8 heteroatoms. The number of amides is 3. The normalized spacial score (nSPS) is 12.4. The molecule has 0 aromatic heterocycles. The molecule has 7 nitrogen and oxygen atoms in total. The van der Waals surface area contributed by atoms with Crippen LogP contribution in [0.2, 0.25) is 0 Å². The number of nitrogens with zero attached hydrogens (tertiary/aromatic N) is 1. The fraction of sp³-hybridized carbons (Fsp3) is 0.550. The monoisotopic (exact) mass is 395 g/mol. The summed E-state index contributed by atoms with van der Waals surface area (Å²) in [4.78, 5) is 39.2. The van der Waals surface area contributed by atoms with Crippen LogP contribution in [-0.2, 0) is 14.4 Å². The number of halogens is 1. The summed E-state index contributed by atoms with van der Waals surface area (Å²) in [5.74, 6) is -1.12. The largest absolute Gasteiger partial charge is 0.349 e. The molecule has 28 heavy (non-hydrogen) atoms. The maximum Gasteiger partial charge on any atom is 0.278 e. The highest BCUT2D eigenvalue weighted by Gasteiger charge is 2.30. The summed E-state index contributed by atoms with van der Waals surface area (Å²) in [6.45, 7) is 9.41.